The molecule has 4 heterocycles. The van der Waals surface area contributed by atoms with Crippen molar-refractivity contribution in [2.75, 3.05) is 0 Å². The molecule has 3 aromatic heterocycles. The molecule has 1 unspecified atom stereocenters. The minimum atomic E-state index is -0.471. The number of aliphatic imine (C=N–C) groups is 2. The molecule has 6 nitrogen and oxygen atoms in total. The van der Waals surface area contributed by atoms with Gasteiger partial charge >= 0.3 is 0 Å². The third-order valence-corrected chi connectivity index (χ3v) is 14.1. The van der Waals surface area contributed by atoms with Gasteiger partial charge in [0.15, 0.2) is 11.4 Å². The Morgan fingerprint density at radius 2 is 1.01 bits per heavy atom. The van der Waals surface area contributed by atoms with Crippen LogP contribution in [0.25, 0.3) is 115 Å². The number of nitrogens with zero attached hydrogens (tertiary/aromatic N) is 3. The van der Waals surface area contributed by atoms with E-state index in [1.165, 1.54) is 32.3 Å². The molecule has 0 saturated carbocycles. The molecule has 0 spiro atoms. The van der Waals surface area contributed by atoms with E-state index in [0.717, 1.165) is 105 Å². The first kappa shape index (κ1) is 37.9. The monoisotopic (exact) mass is 882 g/mol. The molecule has 14 aromatic rings. The van der Waals surface area contributed by atoms with Crippen molar-refractivity contribution in [1.29, 1.82) is 0 Å². The van der Waals surface area contributed by atoms with Crippen molar-refractivity contribution in [2.24, 2.45) is 9.98 Å². The molecular formula is C63H38N4O2. The number of fused-ring (bicyclic) bond motifs is 13. The largest absolute Gasteiger partial charge is 0.456 e. The molecule has 1 N–H and O–H groups in total. The van der Waals surface area contributed by atoms with Crippen LogP contribution in [-0.4, -0.2) is 16.2 Å². The summed E-state index contributed by atoms with van der Waals surface area (Å²) in [6.07, 6.45) is -0.471. The lowest BCUT2D eigenvalue weighted by molar-refractivity contribution is 0.663. The fraction of sp³-hybridized carbons (Fsp3) is 0.0159. The van der Waals surface area contributed by atoms with Gasteiger partial charge in [0.05, 0.1) is 16.7 Å². The highest BCUT2D eigenvalue weighted by molar-refractivity contribution is 6.22. The molecule has 69 heavy (non-hydrogen) atoms. The molecule has 0 saturated heterocycles. The maximum absolute atomic E-state index is 7.22. The van der Waals surface area contributed by atoms with Gasteiger partial charge in [0.1, 0.15) is 28.8 Å². The van der Waals surface area contributed by atoms with Crippen molar-refractivity contribution in [3.63, 3.8) is 0 Å². The van der Waals surface area contributed by atoms with Crippen LogP contribution in [0, 0.1) is 0 Å². The maximum Gasteiger partial charge on any atom is 0.159 e. The van der Waals surface area contributed by atoms with Crippen LogP contribution in [0.1, 0.15) is 22.9 Å². The first-order valence-corrected chi connectivity index (χ1v) is 23.4. The van der Waals surface area contributed by atoms with Crippen molar-refractivity contribution in [3.05, 3.63) is 235 Å². The predicted octanol–water partition coefficient (Wildman–Crippen LogP) is 16.2. The molecule has 1 aliphatic rings. The normalized spacial score (nSPS) is 14.2. The standard InChI is InChI=1S/C63H38N4O2/c1-2-13-37(14-3-1)39-20-12-21-44(29-39)61-64-62(45-26-28-58-52(32-45)48-23-10-11-24-57(48)68-58)66-63(65-61)46-33-53-49-27-25-38-15-8-9-22-47(38)59(49)69-60(53)56(36-46)67-54-34-42-18-6-4-16-40(42)30-50(54)51-31-41-17-5-7-19-43(41)35-55(51)67/h1-36,62H,(H,64,65,66). The van der Waals surface area contributed by atoms with Crippen molar-refractivity contribution < 1.29 is 8.83 Å². The molecule has 1 aliphatic heterocycles. The zero-order valence-electron chi connectivity index (χ0n) is 37.0. The lowest BCUT2D eigenvalue weighted by atomic mass is 10.0. The number of benzene rings is 11. The van der Waals surface area contributed by atoms with Crippen LogP contribution < -0.4 is 5.32 Å². The Labute approximate surface area is 394 Å². The van der Waals surface area contributed by atoms with Gasteiger partial charge in [-0.1, -0.05) is 152 Å². The highest BCUT2D eigenvalue weighted by atomic mass is 16.3. The summed E-state index contributed by atoms with van der Waals surface area (Å²) in [5, 5.41) is 17.2. The molecule has 1 atom stereocenters. The number of rotatable bonds is 5. The lowest BCUT2D eigenvalue weighted by Gasteiger charge is -2.24. The second-order valence-corrected chi connectivity index (χ2v) is 18.2. The number of nitrogens with one attached hydrogen (secondary N) is 1. The molecule has 0 radical (unpaired) electrons. The van der Waals surface area contributed by atoms with Crippen molar-refractivity contribution in [3.8, 4) is 16.8 Å². The molecular weight excluding hydrogens is 845 g/mol. The van der Waals surface area contributed by atoms with E-state index in [-0.39, 0.29) is 0 Å². The van der Waals surface area contributed by atoms with E-state index in [0.29, 0.717) is 5.84 Å². The SMILES string of the molecule is c1ccc(-c2cccc(C3=NC(c4cc(-n5c6cc7ccccc7cc6c6cc7ccccc7cc65)c5oc6c7ccccc7ccc6c5c4)=NC(c4ccc5oc6ccccc6c5c4)N3)c2)cc1. The van der Waals surface area contributed by atoms with Gasteiger partial charge in [0.25, 0.3) is 0 Å². The number of aromatic nitrogens is 1. The van der Waals surface area contributed by atoms with Crippen molar-refractivity contribution in [1.82, 2.24) is 9.88 Å². The Balaban J connectivity index is 1.03. The van der Waals surface area contributed by atoms with Crippen molar-refractivity contribution >= 4 is 110 Å². The topological polar surface area (TPSA) is 68.0 Å². The summed E-state index contributed by atoms with van der Waals surface area (Å²) < 4.78 is 15.9. The van der Waals surface area contributed by atoms with Gasteiger partial charge in [-0.05, 0) is 110 Å². The second kappa shape index (κ2) is 14.6. The van der Waals surface area contributed by atoms with E-state index in [9.17, 15) is 0 Å². The fourth-order valence-electron chi connectivity index (χ4n) is 10.8. The molecule has 0 fully saturated rings. The quantitative estimate of drug-likeness (QED) is 0.187. The third-order valence-electron chi connectivity index (χ3n) is 14.1. The zero-order chi connectivity index (χ0) is 45.2. The van der Waals surface area contributed by atoms with Gasteiger partial charge in [-0.2, -0.15) is 0 Å². The Morgan fingerprint density at radius 1 is 0.377 bits per heavy atom. The van der Waals surface area contributed by atoms with Crippen LogP contribution >= 0.6 is 0 Å². The first-order chi connectivity index (χ1) is 34.1. The van der Waals surface area contributed by atoms with E-state index < -0.39 is 6.17 Å². The molecule has 0 aliphatic carbocycles. The number of amidine groups is 2. The Kier molecular flexibility index (Phi) is 8.03. The van der Waals surface area contributed by atoms with Crippen LogP contribution in [0.4, 0.5) is 0 Å². The van der Waals surface area contributed by atoms with Crippen LogP contribution in [0.3, 0.4) is 0 Å². The summed E-state index contributed by atoms with van der Waals surface area (Å²) in [4.78, 5) is 11.0. The summed E-state index contributed by atoms with van der Waals surface area (Å²) in [5.74, 6) is 1.35. The van der Waals surface area contributed by atoms with Crippen molar-refractivity contribution in [2.45, 2.75) is 6.17 Å². The van der Waals surface area contributed by atoms with Gasteiger partial charge in [-0.3, -0.25) is 0 Å². The highest BCUT2D eigenvalue weighted by Crippen LogP contribution is 2.43. The number of para-hydroxylation sites is 1. The van der Waals surface area contributed by atoms with Crippen LogP contribution in [0.5, 0.6) is 0 Å². The Bertz CT molecular complexity index is 4440. The molecule has 15 rings (SSSR count). The minimum absolute atomic E-state index is 0.471. The molecule has 0 amide bonds. The van der Waals surface area contributed by atoms with Crippen LogP contribution in [0.2, 0.25) is 0 Å². The van der Waals surface area contributed by atoms with E-state index in [1.807, 2.05) is 18.2 Å². The maximum atomic E-state index is 7.22. The van der Waals surface area contributed by atoms with Gasteiger partial charge < -0.3 is 18.7 Å². The molecule has 0 bridgehead atoms. The lowest BCUT2D eigenvalue weighted by Crippen LogP contribution is -2.33. The third kappa shape index (κ3) is 5.92. The summed E-state index contributed by atoms with van der Waals surface area (Å²) in [5.41, 5.74) is 11.5. The number of hydrogen-bond acceptors (Lipinski definition) is 5. The van der Waals surface area contributed by atoms with E-state index >= 15 is 0 Å². The summed E-state index contributed by atoms with van der Waals surface area (Å²) in [6.45, 7) is 0. The zero-order valence-corrected chi connectivity index (χ0v) is 37.0. The summed E-state index contributed by atoms with van der Waals surface area (Å²) in [7, 11) is 0. The predicted molar refractivity (Wildman–Crippen MR) is 285 cm³/mol. The smallest absolute Gasteiger partial charge is 0.159 e. The summed E-state index contributed by atoms with van der Waals surface area (Å²) >= 11 is 0. The van der Waals surface area contributed by atoms with E-state index in [1.54, 1.807) is 0 Å². The number of furan rings is 2. The fourth-order valence-corrected chi connectivity index (χ4v) is 10.8. The molecule has 322 valence electrons. The van der Waals surface area contributed by atoms with Gasteiger partial charge in [0, 0.05) is 48.8 Å². The second-order valence-electron chi connectivity index (χ2n) is 18.2. The Morgan fingerprint density at radius 3 is 1.78 bits per heavy atom. The first-order valence-electron chi connectivity index (χ1n) is 23.4. The Hall–Kier alpha value is -9.26. The molecule has 6 heteroatoms. The van der Waals surface area contributed by atoms with Gasteiger partial charge in [-0.15, -0.1) is 0 Å². The minimum Gasteiger partial charge on any atom is -0.456 e. The summed E-state index contributed by atoms with van der Waals surface area (Å²) in [6, 6.07) is 77.6. The van der Waals surface area contributed by atoms with Gasteiger partial charge in [-0.25, -0.2) is 9.98 Å². The van der Waals surface area contributed by atoms with Crippen LogP contribution in [0.15, 0.2) is 237 Å². The van der Waals surface area contributed by atoms with Gasteiger partial charge in [0.2, 0.25) is 0 Å². The molecule has 11 aromatic carbocycles. The highest BCUT2D eigenvalue weighted by Gasteiger charge is 2.26. The van der Waals surface area contributed by atoms with Crippen LogP contribution in [-0.2, 0) is 0 Å². The van der Waals surface area contributed by atoms with E-state index in [4.69, 9.17) is 18.8 Å². The average molecular weight is 883 g/mol. The average Bonchev–Trinajstić information content (AvgIpc) is 4.08. The van der Waals surface area contributed by atoms with E-state index in [2.05, 4.69) is 210 Å². The number of hydrogen-bond donors (Lipinski definition) is 1.